The highest BCUT2D eigenvalue weighted by atomic mass is 32.1. The molecule has 0 aliphatic rings. The van der Waals surface area contributed by atoms with Gasteiger partial charge in [-0.1, -0.05) is 152 Å². The summed E-state index contributed by atoms with van der Waals surface area (Å²) in [6.45, 7) is 0. The third kappa shape index (κ3) is 5.59. The Hall–Kier alpha value is -8.19. The number of rotatable bonds is 6. The molecule has 0 spiro atoms. The molecule has 4 heterocycles. The summed E-state index contributed by atoms with van der Waals surface area (Å²) >= 11 is 1.70. The highest BCUT2D eigenvalue weighted by molar-refractivity contribution is 7.26. The number of aromatic nitrogens is 5. The van der Waals surface area contributed by atoms with Crippen molar-refractivity contribution in [2.24, 2.45) is 0 Å². The molecule has 13 rings (SSSR count). The maximum Gasteiger partial charge on any atom is 0.164 e. The minimum atomic E-state index is -0.0789. The van der Waals surface area contributed by atoms with E-state index in [0.29, 0.717) is 66.8 Å². The number of hydrogen-bond donors (Lipinski definition) is 0. The topological polar surface area (TPSA) is 48.5 Å². The molecule has 5 nitrogen and oxygen atoms in total. The molecule has 0 fully saturated rings. The molecule has 9 aromatic carbocycles. The van der Waals surface area contributed by atoms with E-state index in [1.807, 2.05) is 124 Å². The Bertz CT molecular complexity index is 4210. The first-order valence-electron chi connectivity index (χ1n) is 23.7. The monoisotopic (exact) mass is 827 g/mol. The number of benzene rings is 9. The zero-order valence-corrected chi connectivity index (χ0v) is 34.2. The van der Waals surface area contributed by atoms with Crippen molar-refractivity contribution in [2.75, 3.05) is 0 Å². The van der Waals surface area contributed by atoms with Crippen LogP contribution >= 0.6 is 11.3 Å². The third-order valence-electron chi connectivity index (χ3n) is 11.9. The molecule has 0 aliphatic heterocycles. The van der Waals surface area contributed by atoms with Gasteiger partial charge in [-0.25, -0.2) is 15.0 Å². The van der Waals surface area contributed by atoms with Crippen molar-refractivity contribution in [3.05, 3.63) is 212 Å². The second-order valence-electron chi connectivity index (χ2n) is 15.5. The third-order valence-corrected chi connectivity index (χ3v) is 13.1. The molecular formula is C57H35N5S. The predicted molar refractivity (Wildman–Crippen MR) is 263 cm³/mol. The van der Waals surface area contributed by atoms with Gasteiger partial charge in [-0.2, -0.15) is 0 Å². The Morgan fingerprint density at radius 2 is 0.952 bits per heavy atom. The van der Waals surface area contributed by atoms with Gasteiger partial charge in [0.2, 0.25) is 0 Å². The van der Waals surface area contributed by atoms with Crippen LogP contribution in [0.15, 0.2) is 212 Å². The fourth-order valence-corrected chi connectivity index (χ4v) is 10.4. The molecule has 0 saturated heterocycles. The van der Waals surface area contributed by atoms with Crippen LogP contribution in [0.1, 0.15) is 8.22 Å². The van der Waals surface area contributed by atoms with Gasteiger partial charge in [0, 0.05) is 75.2 Å². The molecule has 13 aromatic rings. The van der Waals surface area contributed by atoms with E-state index in [1.165, 1.54) is 0 Å². The predicted octanol–water partition coefficient (Wildman–Crippen LogP) is 15.1. The van der Waals surface area contributed by atoms with Crippen LogP contribution in [-0.2, 0) is 0 Å². The summed E-state index contributed by atoms with van der Waals surface area (Å²) in [6.07, 6.45) is 0. The molecule has 63 heavy (non-hydrogen) atoms. The van der Waals surface area contributed by atoms with Crippen LogP contribution in [0.4, 0.5) is 0 Å². The summed E-state index contributed by atoms with van der Waals surface area (Å²) in [5, 5.41) is 4.06. The largest absolute Gasteiger partial charge is 0.309 e. The maximum atomic E-state index is 10.1. The Morgan fingerprint density at radius 3 is 1.62 bits per heavy atom. The quantitative estimate of drug-likeness (QED) is 0.168. The number of nitrogens with zero attached hydrogens (tertiary/aromatic N) is 5. The van der Waals surface area contributed by atoms with Gasteiger partial charge in [0.1, 0.15) is 0 Å². The van der Waals surface area contributed by atoms with Gasteiger partial charge in [-0.3, -0.25) is 0 Å². The number of thiophene rings is 1. The van der Waals surface area contributed by atoms with Crippen LogP contribution in [0.25, 0.3) is 120 Å². The fraction of sp³-hybridized carbons (Fsp3) is 0. The lowest BCUT2D eigenvalue weighted by molar-refractivity contribution is 1.07. The smallest absolute Gasteiger partial charge is 0.164 e. The molecule has 0 aliphatic carbocycles. The summed E-state index contributed by atoms with van der Waals surface area (Å²) in [7, 11) is 0. The lowest BCUT2D eigenvalue weighted by Gasteiger charge is -2.17. The van der Waals surface area contributed by atoms with Gasteiger partial charge >= 0.3 is 0 Å². The first kappa shape index (κ1) is 29.9. The molecule has 0 saturated carbocycles. The molecule has 0 N–H and O–H groups in total. The van der Waals surface area contributed by atoms with Gasteiger partial charge in [-0.05, 0) is 60.6 Å². The molecule has 6 heteroatoms. The first-order chi connectivity index (χ1) is 33.7. The Morgan fingerprint density at radius 1 is 0.397 bits per heavy atom. The summed E-state index contributed by atoms with van der Waals surface area (Å²) in [5.74, 6) is 1.52. The minimum absolute atomic E-state index is 0.000790. The Kier molecular flexibility index (Phi) is 6.75. The fourth-order valence-electron chi connectivity index (χ4n) is 9.14. The van der Waals surface area contributed by atoms with E-state index in [1.54, 1.807) is 29.5 Å². The lowest BCUT2D eigenvalue weighted by atomic mass is 9.98. The summed E-state index contributed by atoms with van der Waals surface area (Å²) in [6, 6.07) is 56.6. The van der Waals surface area contributed by atoms with Crippen molar-refractivity contribution in [2.45, 2.75) is 0 Å². The summed E-state index contributed by atoms with van der Waals surface area (Å²) < 4.78 is 62.9. The molecule has 0 amide bonds. The zero-order chi connectivity index (χ0) is 46.7. The highest BCUT2D eigenvalue weighted by Crippen LogP contribution is 2.46. The van der Waals surface area contributed by atoms with Crippen molar-refractivity contribution in [1.82, 2.24) is 24.1 Å². The normalized spacial score (nSPS) is 13.1. The second-order valence-corrected chi connectivity index (χ2v) is 16.5. The van der Waals surface area contributed by atoms with E-state index in [0.717, 1.165) is 53.7 Å². The number of hydrogen-bond acceptors (Lipinski definition) is 4. The van der Waals surface area contributed by atoms with Crippen LogP contribution in [0.2, 0.25) is 0 Å². The Balaban J connectivity index is 1.19. The average molecular weight is 828 g/mol. The van der Waals surface area contributed by atoms with Gasteiger partial charge in [-0.15, -0.1) is 11.3 Å². The SMILES string of the molecule is [2H]c1ccc2c(c1[2H])c1c3c4c([2H])c([2H])ccc4n(-c4ccc(-c5nc(-c6ccccc6)nc(-c6ccccc6)n5)cc4-c4cccc5c4sc4ccccc45)c3c([2H])c([2H])c1n2-c1ccccc1. The van der Waals surface area contributed by atoms with Gasteiger partial charge < -0.3 is 9.13 Å². The second kappa shape index (κ2) is 14.2. The number of para-hydroxylation sites is 3. The highest BCUT2D eigenvalue weighted by Gasteiger charge is 2.24. The van der Waals surface area contributed by atoms with E-state index in [2.05, 4.69) is 42.5 Å². The van der Waals surface area contributed by atoms with Gasteiger partial charge in [0.05, 0.1) is 36.0 Å². The van der Waals surface area contributed by atoms with Crippen molar-refractivity contribution in [1.29, 1.82) is 0 Å². The standard InChI is InChI=1S/C57H35N5S/c1-4-17-36(18-5-1)55-58-56(37-19-6-2-7-20-37)60-57(59-55)38-31-32-48(45(35-38)42-27-16-26-41-40-23-12-15-30-51(40)63-54(41)42)62-47-29-14-11-25-44(47)53-50(62)34-33-49-52(53)43-24-10-13-28-46(43)61(49)39-21-8-3-9-22-39/h1-35H/i10D,11D,24D,25D,33D,34D. The van der Waals surface area contributed by atoms with Crippen LogP contribution < -0.4 is 0 Å². The maximum absolute atomic E-state index is 10.1. The Labute approximate surface area is 374 Å². The molecule has 0 radical (unpaired) electrons. The zero-order valence-electron chi connectivity index (χ0n) is 39.4. The van der Waals surface area contributed by atoms with Gasteiger partial charge in [0.15, 0.2) is 17.5 Å². The molecule has 0 unspecified atom stereocenters. The summed E-state index contributed by atoms with van der Waals surface area (Å²) in [4.78, 5) is 15.2. The van der Waals surface area contributed by atoms with E-state index < -0.39 is 0 Å². The molecule has 4 aromatic heterocycles. The van der Waals surface area contributed by atoms with Crippen LogP contribution in [0, 0.1) is 0 Å². The average Bonchev–Trinajstić information content (AvgIpc) is 4.07. The van der Waals surface area contributed by atoms with Gasteiger partial charge in [0.25, 0.3) is 0 Å². The van der Waals surface area contributed by atoms with Crippen LogP contribution in [-0.4, -0.2) is 24.1 Å². The van der Waals surface area contributed by atoms with E-state index in [-0.39, 0.29) is 36.3 Å². The first-order valence-corrected chi connectivity index (χ1v) is 21.5. The van der Waals surface area contributed by atoms with Crippen LogP contribution in [0.3, 0.4) is 0 Å². The number of fused-ring (bicyclic) bond motifs is 10. The lowest BCUT2D eigenvalue weighted by Crippen LogP contribution is -2.02. The van der Waals surface area contributed by atoms with Crippen molar-refractivity contribution in [3.8, 4) is 56.7 Å². The van der Waals surface area contributed by atoms with Crippen molar-refractivity contribution in [3.63, 3.8) is 0 Å². The molecule has 0 bridgehead atoms. The van der Waals surface area contributed by atoms with E-state index in [4.69, 9.17) is 17.7 Å². The minimum Gasteiger partial charge on any atom is -0.309 e. The van der Waals surface area contributed by atoms with E-state index >= 15 is 0 Å². The van der Waals surface area contributed by atoms with Crippen molar-refractivity contribution < 1.29 is 8.22 Å². The molecule has 294 valence electrons. The van der Waals surface area contributed by atoms with E-state index in [9.17, 15) is 5.48 Å². The van der Waals surface area contributed by atoms with Crippen LogP contribution in [0.5, 0.6) is 0 Å². The summed E-state index contributed by atoms with van der Waals surface area (Å²) in [5.41, 5.74) is 7.47. The molecule has 0 atom stereocenters. The molecular weight excluding hydrogens is 787 g/mol. The van der Waals surface area contributed by atoms with Crippen molar-refractivity contribution >= 4 is 75.1 Å².